The summed E-state index contributed by atoms with van der Waals surface area (Å²) in [6, 6.07) is 0. The zero-order valence-electron chi connectivity index (χ0n) is 22.4. The second-order valence-electron chi connectivity index (χ2n) is 11.8. The van der Waals surface area contributed by atoms with E-state index in [1.807, 2.05) is 53.6 Å². The molecule has 32 heavy (non-hydrogen) atoms. The molecule has 0 amide bonds. The first-order valence-corrected chi connectivity index (χ1v) is 14.4. The van der Waals surface area contributed by atoms with E-state index in [0.29, 0.717) is 0 Å². The van der Waals surface area contributed by atoms with Gasteiger partial charge in [-0.1, -0.05) is 32.8 Å². The van der Waals surface area contributed by atoms with E-state index in [4.69, 9.17) is 32.7 Å². The second kappa shape index (κ2) is 9.42. The van der Waals surface area contributed by atoms with Crippen molar-refractivity contribution in [1.29, 1.82) is 0 Å². The number of hydrogen-bond acceptors (Lipinski definition) is 7. The molecule has 0 radical (unpaired) electrons. The van der Waals surface area contributed by atoms with Crippen LogP contribution in [0, 0.1) is 0 Å². The van der Waals surface area contributed by atoms with Crippen LogP contribution in [0.3, 0.4) is 0 Å². The minimum absolute atomic E-state index is 0.0142. The van der Waals surface area contributed by atoms with Gasteiger partial charge in [0.15, 0.2) is 20.4 Å². The Labute approximate surface area is 196 Å². The quantitative estimate of drug-likeness (QED) is 0.375. The highest BCUT2D eigenvalue weighted by Crippen LogP contribution is 2.41. The molecule has 0 spiro atoms. The summed E-state index contributed by atoms with van der Waals surface area (Å²) in [5, 5.41) is 0.0142. The normalized spacial score (nSPS) is 28.8. The number of rotatable bonds is 8. The Kier molecular flexibility index (Phi) is 8.23. The average Bonchev–Trinajstić information content (AvgIpc) is 3.03. The largest absolute Gasteiger partial charge is 0.486 e. The first kappa shape index (κ1) is 28.0. The van der Waals surface area contributed by atoms with E-state index in [2.05, 4.69) is 33.9 Å². The molecule has 0 aromatic heterocycles. The van der Waals surface area contributed by atoms with E-state index in [1.54, 1.807) is 14.2 Å². The SMILES string of the molecule is COC(OC)[C@@H](O[Si](C)(C)C(C)(C)C)[C@H]1OC(C)(C)O[C@@H]1/C=C\B1OC(C)(C)C(C)(C)O1. The van der Waals surface area contributed by atoms with Crippen LogP contribution in [0.4, 0.5) is 0 Å². The molecular formula is C23H45BO7Si. The Balaban J connectivity index is 2.32. The molecule has 0 aromatic carbocycles. The van der Waals surface area contributed by atoms with Crippen molar-refractivity contribution in [2.45, 2.75) is 122 Å². The molecule has 186 valence electrons. The molecule has 2 saturated heterocycles. The van der Waals surface area contributed by atoms with Gasteiger partial charge in [0.2, 0.25) is 0 Å². The molecule has 2 aliphatic heterocycles. The van der Waals surface area contributed by atoms with Crippen LogP contribution >= 0.6 is 0 Å². The van der Waals surface area contributed by atoms with Gasteiger partial charge in [0.05, 0.1) is 11.2 Å². The van der Waals surface area contributed by atoms with Gasteiger partial charge in [0.1, 0.15) is 18.3 Å². The van der Waals surface area contributed by atoms with E-state index >= 15 is 0 Å². The lowest BCUT2D eigenvalue weighted by Crippen LogP contribution is -2.54. The predicted octanol–water partition coefficient (Wildman–Crippen LogP) is 4.70. The zero-order chi connectivity index (χ0) is 24.8. The average molecular weight is 473 g/mol. The van der Waals surface area contributed by atoms with Crippen LogP contribution in [0.1, 0.15) is 62.3 Å². The molecule has 3 atom stereocenters. The fourth-order valence-electron chi connectivity index (χ4n) is 3.55. The van der Waals surface area contributed by atoms with Gasteiger partial charge in [0.25, 0.3) is 0 Å². The highest BCUT2D eigenvalue weighted by molar-refractivity contribution is 6.74. The van der Waals surface area contributed by atoms with Gasteiger partial charge < -0.3 is 32.7 Å². The van der Waals surface area contributed by atoms with Gasteiger partial charge in [-0.15, -0.1) is 0 Å². The van der Waals surface area contributed by atoms with E-state index < -0.39 is 50.9 Å². The summed E-state index contributed by atoms with van der Waals surface area (Å²) >= 11 is 0. The molecule has 2 rings (SSSR count). The number of ether oxygens (including phenoxy) is 4. The van der Waals surface area contributed by atoms with E-state index in [0.717, 1.165) is 0 Å². The first-order valence-electron chi connectivity index (χ1n) is 11.5. The summed E-state index contributed by atoms with van der Waals surface area (Å²) in [4.78, 5) is 0. The van der Waals surface area contributed by atoms with Crippen LogP contribution in [0.2, 0.25) is 18.1 Å². The molecule has 2 aliphatic rings. The van der Waals surface area contributed by atoms with Gasteiger partial charge in [-0.05, 0) is 59.7 Å². The van der Waals surface area contributed by atoms with Crippen molar-refractivity contribution >= 4 is 15.4 Å². The summed E-state index contributed by atoms with van der Waals surface area (Å²) in [6.45, 7) is 23.0. The monoisotopic (exact) mass is 472 g/mol. The Morgan fingerprint density at radius 2 is 1.41 bits per heavy atom. The molecule has 2 fully saturated rings. The zero-order valence-corrected chi connectivity index (χ0v) is 23.4. The molecule has 7 nitrogen and oxygen atoms in total. The second-order valence-corrected chi connectivity index (χ2v) is 16.5. The van der Waals surface area contributed by atoms with Crippen LogP contribution in [-0.2, 0) is 32.7 Å². The molecule has 9 heteroatoms. The minimum Gasteiger partial charge on any atom is -0.406 e. The van der Waals surface area contributed by atoms with Crippen molar-refractivity contribution in [2.24, 2.45) is 0 Å². The fraction of sp³-hybridized carbons (Fsp3) is 0.913. The molecule has 0 saturated carbocycles. The summed E-state index contributed by atoms with van der Waals surface area (Å²) < 4.78 is 42.9. The maximum absolute atomic E-state index is 6.78. The summed E-state index contributed by atoms with van der Waals surface area (Å²) in [7, 11) is 0.608. The topological polar surface area (TPSA) is 64.6 Å². The number of methoxy groups -OCH3 is 2. The highest BCUT2D eigenvalue weighted by atomic mass is 28.4. The van der Waals surface area contributed by atoms with Crippen LogP contribution in [0.25, 0.3) is 0 Å². The standard InChI is InChI=1S/C23H45BO7Si/c1-20(2,3)32(12,13)29-18(19(25-10)26-11)17-16(27-23(8,9)28-17)14-15-24-30-21(4,5)22(6,7)31-24/h14-19H,1-13H3/b15-14-/t16-,17+,18+/m1/s1. The number of hydrogen-bond donors (Lipinski definition) is 0. The Morgan fingerprint density at radius 3 is 1.84 bits per heavy atom. The predicted molar refractivity (Wildman–Crippen MR) is 129 cm³/mol. The lowest BCUT2D eigenvalue weighted by molar-refractivity contribution is -0.204. The van der Waals surface area contributed by atoms with Crippen molar-refractivity contribution < 1.29 is 32.7 Å². The van der Waals surface area contributed by atoms with Gasteiger partial charge in [0, 0.05) is 14.2 Å². The molecule has 0 bridgehead atoms. The van der Waals surface area contributed by atoms with Gasteiger partial charge in [-0.25, -0.2) is 0 Å². The van der Waals surface area contributed by atoms with Crippen LogP contribution in [0.15, 0.2) is 12.1 Å². The van der Waals surface area contributed by atoms with Crippen molar-refractivity contribution in [1.82, 2.24) is 0 Å². The summed E-state index contributed by atoms with van der Waals surface area (Å²) in [6.07, 6.45) is 0.0700. The third-order valence-electron chi connectivity index (χ3n) is 7.19. The Hall–Kier alpha value is -0.258. The minimum atomic E-state index is -2.16. The third kappa shape index (κ3) is 6.05. The fourth-order valence-corrected chi connectivity index (χ4v) is 4.83. The third-order valence-corrected chi connectivity index (χ3v) is 11.7. The summed E-state index contributed by atoms with van der Waals surface area (Å²) in [5.41, 5.74) is -0.808. The van der Waals surface area contributed by atoms with E-state index in [9.17, 15) is 0 Å². The molecule has 0 aromatic rings. The Morgan fingerprint density at radius 1 is 0.906 bits per heavy atom. The Bertz CT molecular complexity index is 652. The molecule has 2 heterocycles. The first-order chi connectivity index (χ1) is 14.4. The van der Waals surface area contributed by atoms with Crippen LogP contribution in [0.5, 0.6) is 0 Å². The summed E-state index contributed by atoms with van der Waals surface area (Å²) in [5.74, 6) is 1.12. The highest BCUT2D eigenvalue weighted by Gasteiger charge is 2.53. The van der Waals surface area contributed by atoms with Crippen LogP contribution < -0.4 is 0 Å². The lowest BCUT2D eigenvalue weighted by atomic mass is 9.88. The molecule has 0 N–H and O–H groups in total. The molecule has 0 aliphatic carbocycles. The smallest absolute Gasteiger partial charge is 0.406 e. The van der Waals surface area contributed by atoms with Gasteiger partial charge in [-0.3, -0.25) is 0 Å². The van der Waals surface area contributed by atoms with Crippen molar-refractivity contribution in [3.05, 3.63) is 12.1 Å². The molecular weight excluding hydrogens is 427 g/mol. The van der Waals surface area contributed by atoms with Crippen molar-refractivity contribution in [3.8, 4) is 0 Å². The molecule has 0 unspecified atom stereocenters. The van der Waals surface area contributed by atoms with Gasteiger partial charge >= 0.3 is 7.12 Å². The van der Waals surface area contributed by atoms with Gasteiger partial charge in [-0.2, -0.15) is 0 Å². The maximum atomic E-state index is 6.78. The lowest BCUT2D eigenvalue weighted by Gasteiger charge is -2.42. The maximum Gasteiger partial charge on any atom is 0.486 e. The van der Waals surface area contributed by atoms with Crippen LogP contribution in [-0.4, -0.2) is 71.2 Å². The van der Waals surface area contributed by atoms with E-state index in [1.165, 1.54) is 0 Å². The van der Waals surface area contributed by atoms with Crippen molar-refractivity contribution in [2.75, 3.05) is 14.2 Å². The van der Waals surface area contributed by atoms with E-state index in [-0.39, 0.29) is 11.1 Å². The van der Waals surface area contributed by atoms with Crippen molar-refractivity contribution in [3.63, 3.8) is 0 Å².